The van der Waals surface area contributed by atoms with Crippen LogP contribution in [-0.2, 0) is 0 Å². The van der Waals surface area contributed by atoms with Crippen LogP contribution in [0.5, 0.6) is 0 Å². The molecule has 3 heteroatoms. The van der Waals surface area contributed by atoms with E-state index in [-0.39, 0.29) is 0 Å². The molecule has 11 aromatic rings. The number of rotatable bonds is 3. The predicted molar refractivity (Wildman–Crippen MR) is 205 cm³/mol. The Hall–Kier alpha value is -6.58. The topological polar surface area (TPSA) is 23.0 Å². The minimum atomic E-state index is 0.899. The summed E-state index contributed by atoms with van der Waals surface area (Å²) in [7, 11) is 0. The maximum absolute atomic E-state index is 6.39. The third-order valence-electron chi connectivity index (χ3n) is 10.3. The van der Waals surface area contributed by atoms with E-state index in [4.69, 9.17) is 4.42 Å². The van der Waals surface area contributed by atoms with E-state index in [1.54, 1.807) is 0 Å². The van der Waals surface area contributed by atoms with Crippen LogP contribution < -0.4 is 0 Å². The van der Waals surface area contributed by atoms with Crippen molar-refractivity contribution < 1.29 is 4.42 Å². The van der Waals surface area contributed by atoms with Gasteiger partial charge in [-0.25, -0.2) is 0 Å². The van der Waals surface area contributed by atoms with Gasteiger partial charge in [0, 0.05) is 43.7 Å². The summed E-state index contributed by atoms with van der Waals surface area (Å²) in [5.41, 5.74) is 11.3. The highest BCUT2D eigenvalue weighted by atomic mass is 16.3. The molecule has 0 atom stereocenters. The first-order chi connectivity index (χ1) is 24.3. The molecule has 3 nitrogen and oxygen atoms in total. The smallest absolute Gasteiger partial charge is 0.136 e. The Morgan fingerprint density at radius 1 is 0.306 bits per heavy atom. The third kappa shape index (κ3) is 3.84. The van der Waals surface area contributed by atoms with E-state index in [0.717, 1.165) is 33.3 Å². The lowest BCUT2D eigenvalue weighted by atomic mass is 10.1. The average Bonchev–Trinajstić information content (AvgIpc) is 3.80. The van der Waals surface area contributed by atoms with Gasteiger partial charge >= 0.3 is 0 Å². The number of para-hydroxylation sites is 2. The van der Waals surface area contributed by atoms with Crippen LogP contribution in [0.1, 0.15) is 0 Å². The van der Waals surface area contributed by atoms with Gasteiger partial charge in [-0.15, -0.1) is 0 Å². The minimum absolute atomic E-state index is 0.899. The molecule has 0 saturated carbocycles. The second kappa shape index (κ2) is 9.96. The Morgan fingerprint density at radius 3 is 1.57 bits per heavy atom. The lowest BCUT2D eigenvalue weighted by molar-refractivity contribution is 0.669. The molecule has 0 spiro atoms. The Balaban J connectivity index is 1.18. The summed E-state index contributed by atoms with van der Waals surface area (Å²) in [6, 6.07) is 61.4. The predicted octanol–water partition coefficient (Wildman–Crippen LogP) is 12.6. The standard InChI is InChI=1S/C46H28N2O/c1-2-10-29(11-3-1)30-18-20-33(21-19-30)47-41-16-8-6-14-35(41)37-27-38-36-15-7-9-17-42(36)48(44(38)28-43(37)47)34-22-23-45-40(26-34)39-24-31-12-4-5-13-32(31)25-46(39)49-45/h1-28H. The second-order valence-corrected chi connectivity index (χ2v) is 13.0. The van der Waals surface area contributed by atoms with Crippen LogP contribution >= 0.6 is 0 Å². The zero-order valence-electron chi connectivity index (χ0n) is 26.5. The molecular formula is C46H28N2O. The molecule has 0 fully saturated rings. The molecule has 0 saturated heterocycles. The molecule has 8 aromatic carbocycles. The van der Waals surface area contributed by atoms with Crippen molar-refractivity contribution in [2.24, 2.45) is 0 Å². The highest BCUT2D eigenvalue weighted by molar-refractivity contribution is 6.19. The third-order valence-corrected chi connectivity index (χ3v) is 10.3. The van der Waals surface area contributed by atoms with Crippen molar-refractivity contribution in [1.29, 1.82) is 0 Å². The Bertz CT molecular complexity index is 3090. The van der Waals surface area contributed by atoms with Gasteiger partial charge in [-0.05, 0) is 88.6 Å². The molecule has 0 unspecified atom stereocenters. The van der Waals surface area contributed by atoms with Gasteiger partial charge in [-0.3, -0.25) is 0 Å². The molecule has 3 heterocycles. The summed E-state index contributed by atoms with van der Waals surface area (Å²) in [6.45, 7) is 0. The van der Waals surface area contributed by atoms with Crippen molar-refractivity contribution in [3.63, 3.8) is 0 Å². The summed E-state index contributed by atoms with van der Waals surface area (Å²) in [5, 5.41) is 9.65. The number of hydrogen-bond acceptors (Lipinski definition) is 1. The summed E-state index contributed by atoms with van der Waals surface area (Å²) in [6.07, 6.45) is 0. The van der Waals surface area contributed by atoms with Crippen molar-refractivity contribution in [3.8, 4) is 22.5 Å². The van der Waals surface area contributed by atoms with Gasteiger partial charge in [-0.1, -0.05) is 103 Å². The van der Waals surface area contributed by atoms with Crippen LogP contribution in [0.3, 0.4) is 0 Å². The molecule has 0 bridgehead atoms. The summed E-state index contributed by atoms with van der Waals surface area (Å²) in [4.78, 5) is 0. The first-order valence-corrected chi connectivity index (χ1v) is 16.8. The molecule has 0 N–H and O–H groups in total. The number of aromatic nitrogens is 2. The van der Waals surface area contributed by atoms with Gasteiger partial charge in [0.1, 0.15) is 11.2 Å². The molecule has 0 aliphatic rings. The molecule has 3 aromatic heterocycles. The number of benzene rings is 8. The first-order valence-electron chi connectivity index (χ1n) is 16.8. The lowest BCUT2D eigenvalue weighted by Gasteiger charge is -2.11. The summed E-state index contributed by atoms with van der Waals surface area (Å²) in [5.74, 6) is 0. The van der Waals surface area contributed by atoms with E-state index in [2.05, 4.69) is 179 Å². The van der Waals surface area contributed by atoms with E-state index in [1.807, 2.05) is 0 Å². The molecule has 0 aliphatic carbocycles. The van der Waals surface area contributed by atoms with Gasteiger partial charge < -0.3 is 13.6 Å². The summed E-state index contributed by atoms with van der Waals surface area (Å²) < 4.78 is 11.2. The fourth-order valence-electron chi connectivity index (χ4n) is 8.01. The van der Waals surface area contributed by atoms with Crippen LogP contribution in [-0.4, -0.2) is 9.13 Å². The van der Waals surface area contributed by atoms with Gasteiger partial charge in [0.2, 0.25) is 0 Å². The molecule has 11 rings (SSSR count). The van der Waals surface area contributed by atoms with Crippen molar-refractivity contribution >= 4 is 76.3 Å². The maximum atomic E-state index is 6.39. The van der Waals surface area contributed by atoms with E-state index < -0.39 is 0 Å². The molecule has 228 valence electrons. The normalized spacial score (nSPS) is 12.1. The van der Waals surface area contributed by atoms with E-state index in [0.29, 0.717) is 0 Å². The number of hydrogen-bond donors (Lipinski definition) is 0. The Labute approximate surface area is 281 Å². The molecule has 0 radical (unpaired) electrons. The maximum Gasteiger partial charge on any atom is 0.136 e. The first kappa shape index (κ1) is 26.5. The largest absolute Gasteiger partial charge is 0.456 e. The van der Waals surface area contributed by atoms with Gasteiger partial charge in [0.15, 0.2) is 0 Å². The fraction of sp³-hybridized carbons (Fsp3) is 0. The molecule has 0 aliphatic heterocycles. The van der Waals surface area contributed by atoms with Gasteiger partial charge in [0.25, 0.3) is 0 Å². The van der Waals surface area contributed by atoms with Gasteiger partial charge in [0.05, 0.1) is 22.1 Å². The minimum Gasteiger partial charge on any atom is -0.456 e. The zero-order chi connectivity index (χ0) is 32.1. The Morgan fingerprint density at radius 2 is 0.857 bits per heavy atom. The SMILES string of the molecule is c1ccc(-c2ccc(-n3c4ccccc4c4cc5c6ccccc6n(-c6ccc7oc8cc9ccccc9cc8c7c6)c5cc43)cc2)cc1. The molecule has 49 heavy (non-hydrogen) atoms. The number of furan rings is 1. The zero-order valence-corrected chi connectivity index (χ0v) is 26.5. The van der Waals surface area contributed by atoms with Crippen LogP contribution in [0.2, 0.25) is 0 Å². The molecule has 0 amide bonds. The quantitative estimate of drug-likeness (QED) is 0.192. The highest BCUT2D eigenvalue weighted by Gasteiger charge is 2.19. The van der Waals surface area contributed by atoms with Crippen molar-refractivity contribution in [2.75, 3.05) is 0 Å². The number of nitrogens with zero attached hydrogens (tertiary/aromatic N) is 2. The van der Waals surface area contributed by atoms with Crippen LogP contribution in [0, 0.1) is 0 Å². The van der Waals surface area contributed by atoms with Crippen molar-refractivity contribution in [3.05, 3.63) is 170 Å². The fourth-order valence-corrected chi connectivity index (χ4v) is 8.01. The van der Waals surface area contributed by atoms with Gasteiger partial charge in [-0.2, -0.15) is 0 Å². The van der Waals surface area contributed by atoms with Crippen molar-refractivity contribution in [1.82, 2.24) is 9.13 Å². The van der Waals surface area contributed by atoms with Crippen molar-refractivity contribution in [2.45, 2.75) is 0 Å². The number of fused-ring (bicyclic) bond motifs is 10. The van der Waals surface area contributed by atoms with Crippen LogP contribution in [0.15, 0.2) is 174 Å². The van der Waals surface area contributed by atoms with E-state index in [9.17, 15) is 0 Å². The second-order valence-electron chi connectivity index (χ2n) is 13.0. The van der Waals surface area contributed by atoms with E-state index >= 15 is 0 Å². The lowest BCUT2D eigenvalue weighted by Crippen LogP contribution is -1.96. The molecular weight excluding hydrogens is 597 g/mol. The van der Waals surface area contributed by atoms with Crippen LogP contribution in [0.25, 0.3) is 98.8 Å². The van der Waals surface area contributed by atoms with Crippen LogP contribution in [0.4, 0.5) is 0 Å². The Kier molecular flexibility index (Phi) is 5.38. The summed E-state index contributed by atoms with van der Waals surface area (Å²) >= 11 is 0. The highest BCUT2D eigenvalue weighted by Crippen LogP contribution is 2.41. The average molecular weight is 625 g/mol. The monoisotopic (exact) mass is 624 g/mol. The van der Waals surface area contributed by atoms with E-state index in [1.165, 1.54) is 65.5 Å².